The average Bonchev–Trinajstić information content (AvgIpc) is 3.45. The lowest BCUT2D eigenvalue weighted by Crippen LogP contribution is -2.20. The van der Waals surface area contributed by atoms with Crippen molar-refractivity contribution < 1.29 is 4.79 Å². The van der Waals surface area contributed by atoms with Crippen molar-refractivity contribution in [1.29, 1.82) is 0 Å². The lowest BCUT2D eigenvalue weighted by Gasteiger charge is -2.15. The molecule has 3 atom stereocenters. The Hall–Kier alpha value is -1.81. The number of halogens is 1. The van der Waals surface area contributed by atoms with Gasteiger partial charge in [0.15, 0.2) is 0 Å². The molecule has 1 heterocycles. The van der Waals surface area contributed by atoms with Crippen molar-refractivity contribution in [3.63, 3.8) is 0 Å². The number of hydrogen-bond donors (Lipinski definition) is 1. The molecule has 4 nitrogen and oxygen atoms in total. The Labute approximate surface area is 140 Å². The molecule has 2 aromatic rings. The van der Waals surface area contributed by atoms with E-state index in [4.69, 9.17) is 11.6 Å². The molecule has 1 aromatic carbocycles. The molecule has 1 aromatic heterocycles. The maximum atomic E-state index is 12.5. The summed E-state index contributed by atoms with van der Waals surface area (Å²) in [6.07, 6.45) is 5.13. The molecular formula is C18H20ClN3O. The third-order valence-electron chi connectivity index (χ3n) is 5.04. The summed E-state index contributed by atoms with van der Waals surface area (Å²) < 4.78 is 1.95. The van der Waals surface area contributed by atoms with E-state index in [9.17, 15) is 4.79 Å². The van der Waals surface area contributed by atoms with Gasteiger partial charge in [0.05, 0.1) is 12.2 Å². The third kappa shape index (κ3) is 2.88. The molecule has 2 saturated carbocycles. The van der Waals surface area contributed by atoms with Crippen molar-refractivity contribution >= 4 is 23.3 Å². The Balaban J connectivity index is 1.44. The first-order valence-corrected chi connectivity index (χ1v) is 8.61. The van der Waals surface area contributed by atoms with Crippen LogP contribution in [0.4, 0.5) is 5.82 Å². The van der Waals surface area contributed by atoms with Gasteiger partial charge in [0.25, 0.3) is 0 Å². The van der Waals surface area contributed by atoms with E-state index in [1.807, 2.05) is 35.0 Å². The summed E-state index contributed by atoms with van der Waals surface area (Å²) >= 11 is 6.23. The number of benzene rings is 1. The second-order valence-corrected chi connectivity index (χ2v) is 7.11. The number of aromatic nitrogens is 2. The van der Waals surface area contributed by atoms with Gasteiger partial charge in [-0.05, 0) is 49.7 Å². The van der Waals surface area contributed by atoms with Crippen LogP contribution in [0.3, 0.4) is 0 Å². The molecular weight excluding hydrogens is 310 g/mol. The normalized spacial score (nSPS) is 24.3. The molecule has 0 radical (unpaired) electrons. The van der Waals surface area contributed by atoms with E-state index in [1.54, 1.807) is 6.20 Å². The fourth-order valence-electron chi connectivity index (χ4n) is 3.34. The molecule has 3 unspecified atom stereocenters. The summed E-state index contributed by atoms with van der Waals surface area (Å²) in [7, 11) is 0. The Bertz CT molecular complexity index is 737. The number of nitrogens with one attached hydrogen (secondary N) is 1. The third-order valence-corrected chi connectivity index (χ3v) is 5.39. The van der Waals surface area contributed by atoms with E-state index in [-0.39, 0.29) is 17.7 Å². The minimum Gasteiger partial charge on any atom is -0.311 e. The van der Waals surface area contributed by atoms with Crippen LogP contribution in [-0.2, 0) is 4.79 Å². The fraction of sp³-hybridized carbons (Fsp3) is 0.444. The molecule has 0 aliphatic heterocycles. The van der Waals surface area contributed by atoms with Crippen LogP contribution in [0.5, 0.6) is 0 Å². The monoisotopic (exact) mass is 329 g/mol. The summed E-state index contributed by atoms with van der Waals surface area (Å²) in [5, 5.41) is 8.19. The molecule has 2 aliphatic rings. The van der Waals surface area contributed by atoms with Gasteiger partial charge in [-0.3, -0.25) is 4.79 Å². The number of amides is 1. The van der Waals surface area contributed by atoms with E-state index in [0.29, 0.717) is 12.0 Å². The standard InChI is InChI=1S/C18H20ClN3O/c1-11(12-6-7-12)22-17(8-9-20-22)21-18(23)15-10-14(15)13-4-2-3-5-16(13)19/h2-5,8-9,11-12,14-15H,6-7,10H2,1H3,(H,21,23). The molecule has 120 valence electrons. The van der Waals surface area contributed by atoms with Gasteiger partial charge < -0.3 is 5.32 Å². The van der Waals surface area contributed by atoms with Crippen molar-refractivity contribution in [3.8, 4) is 0 Å². The molecule has 0 saturated heterocycles. The van der Waals surface area contributed by atoms with Crippen molar-refractivity contribution in [2.45, 2.75) is 38.1 Å². The first-order valence-electron chi connectivity index (χ1n) is 8.24. The summed E-state index contributed by atoms with van der Waals surface area (Å²) in [5.74, 6) is 1.82. The smallest absolute Gasteiger partial charge is 0.229 e. The SMILES string of the molecule is CC(C1CC1)n1nccc1NC(=O)C1CC1c1ccccc1Cl. The van der Waals surface area contributed by atoms with Gasteiger partial charge in [0, 0.05) is 17.0 Å². The van der Waals surface area contributed by atoms with Crippen molar-refractivity contribution in [2.75, 3.05) is 5.32 Å². The van der Waals surface area contributed by atoms with E-state index in [2.05, 4.69) is 17.3 Å². The van der Waals surface area contributed by atoms with Crippen molar-refractivity contribution in [3.05, 3.63) is 47.1 Å². The topological polar surface area (TPSA) is 46.9 Å². The minimum atomic E-state index is 0.00878. The number of rotatable bonds is 5. The Morgan fingerprint density at radius 2 is 2.13 bits per heavy atom. The highest BCUT2D eigenvalue weighted by atomic mass is 35.5. The van der Waals surface area contributed by atoms with Crippen molar-refractivity contribution in [1.82, 2.24) is 9.78 Å². The van der Waals surface area contributed by atoms with Crippen molar-refractivity contribution in [2.24, 2.45) is 11.8 Å². The molecule has 0 bridgehead atoms. The number of nitrogens with zero attached hydrogens (tertiary/aromatic N) is 2. The molecule has 0 spiro atoms. The lowest BCUT2D eigenvalue weighted by molar-refractivity contribution is -0.117. The molecule has 5 heteroatoms. The predicted octanol–water partition coefficient (Wildman–Crippen LogP) is 4.25. The molecule has 23 heavy (non-hydrogen) atoms. The zero-order valence-electron chi connectivity index (χ0n) is 13.1. The lowest BCUT2D eigenvalue weighted by atomic mass is 10.1. The van der Waals surface area contributed by atoms with Gasteiger partial charge in [0.2, 0.25) is 5.91 Å². The number of carbonyl (C=O) groups excluding carboxylic acids is 1. The molecule has 1 amide bonds. The van der Waals surface area contributed by atoms with E-state index in [0.717, 1.165) is 22.8 Å². The second kappa shape index (κ2) is 5.68. The number of hydrogen-bond acceptors (Lipinski definition) is 2. The fourth-order valence-corrected chi connectivity index (χ4v) is 3.62. The summed E-state index contributed by atoms with van der Waals surface area (Å²) in [6.45, 7) is 2.17. The minimum absolute atomic E-state index is 0.00878. The maximum Gasteiger partial charge on any atom is 0.229 e. The predicted molar refractivity (Wildman–Crippen MR) is 90.6 cm³/mol. The first-order chi connectivity index (χ1) is 11.1. The van der Waals surface area contributed by atoms with Gasteiger partial charge in [0.1, 0.15) is 5.82 Å². The van der Waals surface area contributed by atoms with E-state index >= 15 is 0 Å². The summed E-state index contributed by atoms with van der Waals surface area (Å²) in [6, 6.07) is 10.0. The zero-order valence-corrected chi connectivity index (χ0v) is 13.8. The van der Waals surface area contributed by atoms with Gasteiger partial charge in [-0.1, -0.05) is 29.8 Å². The largest absolute Gasteiger partial charge is 0.311 e. The van der Waals surface area contributed by atoms with Gasteiger partial charge >= 0.3 is 0 Å². The van der Waals surface area contributed by atoms with Crippen LogP contribution in [0.1, 0.15) is 43.7 Å². The number of carbonyl (C=O) groups is 1. The Morgan fingerprint density at radius 1 is 1.35 bits per heavy atom. The highest BCUT2D eigenvalue weighted by Crippen LogP contribution is 2.50. The average molecular weight is 330 g/mol. The van der Waals surface area contributed by atoms with Crippen LogP contribution >= 0.6 is 11.6 Å². The quantitative estimate of drug-likeness (QED) is 0.891. The van der Waals surface area contributed by atoms with E-state index < -0.39 is 0 Å². The summed E-state index contributed by atoms with van der Waals surface area (Å²) in [4.78, 5) is 12.5. The zero-order chi connectivity index (χ0) is 16.0. The second-order valence-electron chi connectivity index (χ2n) is 6.70. The Kier molecular flexibility index (Phi) is 3.64. The summed E-state index contributed by atoms with van der Waals surface area (Å²) in [5.41, 5.74) is 1.08. The van der Waals surface area contributed by atoms with E-state index in [1.165, 1.54) is 12.8 Å². The van der Waals surface area contributed by atoms with Crippen LogP contribution < -0.4 is 5.32 Å². The first kappa shape index (κ1) is 14.8. The van der Waals surface area contributed by atoms with Crippen LogP contribution in [0.25, 0.3) is 0 Å². The molecule has 2 aliphatic carbocycles. The van der Waals surface area contributed by atoms with Gasteiger partial charge in [-0.25, -0.2) is 4.68 Å². The molecule has 1 N–H and O–H groups in total. The molecule has 4 rings (SSSR count). The van der Waals surface area contributed by atoms with Gasteiger partial charge in [-0.15, -0.1) is 0 Å². The van der Waals surface area contributed by atoms with Crippen LogP contribution in [0.2, 0.25) is 5.02 Å². The van der Waals surface area contributed by atoms with Gasteiger partial charge in [-0.2, -0.15) is 5.10 Å². The highest BCUT2D eigenvalue weighted by molar-refractivity contribution is 6.31. The number of anilines is 1. The highest BCUT2D eigenvalue weighted by Gasteiger charge is 2.45. The maximum absolute atomic E-state index is 12.5. The molecule has 2 fully saturated rings. The van der Waals surface area contributed by atoms with Crippen LogP contribution in [-0.4, -0.2) is 15.7 Å². The van der Waals surface area contributed by atoms with Crippen LogP contribution in [0, 0.1) is 11.8 Å². The van der Waals surface area contributed by atoms with Crippen LogP contribution in [0.15, 0.2) is 36.5 Å². The Morgan fingerprint density at radius 3 is 2.87 bits per heavy atom.